The van der Waals surface area contributed by atoms with Crippen molar-refractivity contribution >= 4 is 0 Å². The lowest BCUT2D eigenvalue weighted by molar-refractivity contribution is -0.0938. The molecule has 0 amide bonds. The number of benzene rings is 6. The van der Waals surface area contributed by atoms with Gasteiger partial charge in [-0.05, 0) is 39.8 Å². The summed E-state index contributed by atoms with van der Waals surface area (Å²) in [7, 11) is 0. The SMILES string of the molecule is C=CCOCC(COC(c1ccccc1)(c1ccccc1)c1ccccc1)OCCCOC(c1ccccc1)(c1ccccc1)c1ccccc1. The topological polar surface area (TPSA) is 36.9 Å². The molecule has 6 aromatic rings. The lowest BCUT2D eigenvalue weighted by Crippen LogP contribution is -2.38. The molecule has 0 heterocycles. The quantitative estimate of drug-likeness (QED) is 0.0487. The van der Waals surface area contributed by atoms with Gasteiger partial charge in [0.25, 0.3) is 0 Å². The van der Waals surface area contributed by atoms with E-state index < -0.39 is 11.2 Å². The minimum Gasteiger partial charge on any atom is -0.375 e. The van der Waals surface area contributed by atoms with Gasteiger partial charge in [-0.1, -0.05) is 188 Å². The molecule has 258 valence electrons. The Hall–Kier alpha value is -5.10. The Morgan fingerprint density at radius 2 is 0.765 bits per heavy atom. The van der Waals surface area contributed by atoms with Crippen LogP contribution in [0.5, 0.6) is 0 Å². The van der Waals surface area contributed by atoms with Crippen LogP contribution in [0.3, 0.4) is 0 Å². The van der Waals surface area contributed by atoms with Gasteiger partial charge < -0.3 is 18.9 Å². The predicted molar refractivity (Wildman–Crippen MR) is 206 cm³/mol. The van der Waals surface area contributed by atoms with Crippen molar-refractivity contribution in [2.24, 2.45) is 0 Å². The van der Waals surface area contributed by atoms with E-state index in [0.717, 1.165) is 33.4 Å². The van der Waals surface area contributed by atoms with Crippen LogP contribution in [0.4, 0.5) is 0 Å². The highest BCUT2D eigenvalue weighted by Crippen LogP contribution is 2.42. The molecule has 4 nitrogen and oxygen atoms in total. The third-order valence-electron chi connectivity index (χ3n) is 9.07. The first-order valence-corrected chi connectivity index (χ1v) is 17.7. The van der Waals surface area contributed by atoms with Gasteiger partial charge in [-0.2, -0.15) is 0 Å². The van der Waals surface area contributed by atoms with Gasteiger partial charge in [-0.15, -0.1) is 6.58 Å². The first kappa shape index (κ1) is 35.7. The van der Waals surface area contributed by atoms with Crippen LogP contribution in [0, 0.1) is 0 Å². The van der Waals surface area contributed by atoms with E-state index in [-0.39, 0.29) is 6.10 Å². The molecule has 4 heteroatoms. The van der Waals surface area contributed by atoms with Crippen LogP contribution in [0.15, 0.2) is 195 Å². The van der Waals surface area contributed by atoms with Crippen molar-refractivity contribution in [3.8, 4) is 0 Å². The van der Waals surface area contributed by atoms with Crippen molar-refractivity contribution in [2.45, 2.75) is 23.7 Å². The lowest BCUT2D eigenvalue weighted by atomic mass is 9.80. The molecule has 0 aliphatic carbocycles. The van der Waals surface area contributed by atoms with E-state index in [4.69, 9.17) is 18.9 Å². The molecule has 1 unspecified atom stereocenters. The van der Waals surface area contributed by atoms with Crippen molar-refractivity contribution in [2.75, 3.05) is 33.0 Å². The zero-order valence-electron chi connectivity index (χ0n) is 29.1. The van der Waals surface area contributed by atoms with Crippen LogP contribution < -0.4 is 0 Å². The minimum absolute atomic E-state index is 0.304. The highest BCUT2D eigenvalue weighted by molar-refractivity contribution is 5.48. The van der Waals surface area contributed by atoms with Crippen molar-refractivity contribution in [3.05, 3.63) is 228 Å². The van der Waals surface area contributed by atoms with Crippen LogP contribution in [0.1, 0.15) is 39.8 Å². The van der Waals surface area contributed by atoms with Gasteiger partial charge in [0.05, 0.1) is 26.4 Å². The average molecular weight is 675 g/mol. The van der Waals surface area contributed by atoms with Crippen LogP contribution in [0.2, 0.25) is 0 Å². The number of rotatable bonds is 19. The second-order valence-electron chi connectivity index (χ2n) is 12.4. The predicted octanol–water partition coefficient (Wildman–Crippen LogP) is 9.98. The van der Waals surface area contributed by atoms with Crippen LogP contribution in [0.25, 0.3) is 0 Å². The molecule has 0 aromatic heterocycles. The molecule has 0 bridgehead atoms. The summed E-state index contributed by atoms with van der Waals surface area (Å²) >= 11 is 0. The Kier molecular flexibility index (Phi) is 12.8. The zero-order chi connectivity index (χ0) is 35.0. The number of ether oxygens (including phenoxy) is 4. The fourth-order valence-corrected chi connectivity index (χ4v) is 6.72. The zero-order valence-corrected chi connectivity index (χ0v) is 29.1. The van der Waals surface area contributed by atoms with Crippen LogP contribution >= 0.6 is 0 Å². The van der Waals surface area contributed by atoms with Crippen LogP contribution in [-0.4, -0.2) is 39.1 Å². The van der Waals surface area contributed by atoms with E-state index in [0.29, 0.717) is 39.5 Å². The summed E-state index contributed by atoms with van der Waals surface area (Å²) in [6, 6.07) is 62.5. The van der Waals surface area contributed by atoms with E-state index in [2.05, 4.69) is 152 Å². The van der Waals surface area contributed by atoms with Gasteiger partial charge in [-0.3, -0.25) is 0 Å². The largest absolute Gasteiger partial charge is 0.375 e. The van der Waals surface area contributed by atoms with Crippen molar-refractivity contribution in [1.82, 2.24) is 0 Å². The second-order valence-corrected chi connectivity index (χ2v) is 12.4. The second kappa shape index (κ2) is 18.2. The third-order valence-corrected chi connectivity index (χ3v) is 9.07. The lowest BCUT2D eigenvalue weighted by Gasteiger charge is -2.37. The fraction of sp³-hybridized carbons (Fsp3) is 0.191. The smallest absolute Gasteiger partial charge is 0.143 e. The van der Waals surface area contributed by atoms with Gasteiger partial charge in [0.1, 0.15) is 17.3 Å². The molecule has 6 rings (SSSR count). The Balaban J connectivity index is 1.22. The molecule has 0 aliphatic heterocycles. The minimum atomic E-state index is -0.854. The molecular weight excluding hydrogens is 629 g/mol. The Labute approximate surface area is 302 Å². The van der Waals surface area contributed by atoms with Crippen molar-refractivity contribution in [1.29, 1.82) is 0 Å². The van der Waals surface area contributed by atoms with Gasteiger partial charge >= 0.3 is 0 Å². The van der Waals surface area contributed by atoms with Crippen LogP contribution in [-0.2, 0) is 30.1 Å². The molecule has 0 radical (unpaired) electrons. The van der Waals surface area contributed by atoms with E-state index in [1.54, 1.807) is 6.08 Å². The normalized spacial score (nSPS) is 12.3. The highest BCUT2D eigenvalue weighted by atomic mass is 16.6. The molecule has 1 atom stereocenters. The summed E-state index contributed by atoms with van der Waals surface area (Å²) in [5, 5.41) is 0. The molecule has 0 N–H and O–H groups in total. The fourth-order valence-electron chi connectivity index (χ4n) is 6.72. The maximum Gasteiger partial charge on any atom is 0.143 e. The van der Waals surface area contributed by atoms with Crippen molar-refractivity contribution in [3.63, 3.8) is 0 Å². The summed E-state index contributed by atoms with van der Waals surface area (Å²) in [6.07, 6.45) is 2.10. The molecule has 6 aromatic carbocycles. The van der Waals surface area contributed by atoms with Gasteiger partial charge in [0.15, 0.2) is 0 Å². The Bertz CT molecular complexity index is 1650. The summed E-state index contributed by atoms with van der Waals surface area (Å²) in [5.74, 6) is 0. The number of hydrogen-bond acceptors (Lipinski definition) is 4. The van der Waals surface area contributed by atoms with E-state index >= 15 is 0 Å². The summed E-state index contributed by atoms with van der Waals surface area (Å²) in [5.41, 5.74) is 4.72. The van der Waals surface area contributed by atoms with Gasteiger partial charge in [-0.25, -0.2) is 0 Å². The van der Waals surface area contributed by atoms with E-state index in [1.165, 1.54) is 0 Å². The van der Waals surface area contributed by atoms with Crippen molar-refractivity contribution < 1.29 is 18.9 Å². The third kappa shape index (κ3) is 8.45. The first-order valence-electron chi connectivity index (χ1n) is 17.7. The summed E-state index contributed by atoms with van der Waals surface area (Å²) in [4.78, 5) is 0. The maximum atomic E-state index is 7.10. The molecular formula is C47H46O4. The standard InChI is InChI=1S/C47H46O4/c1-2-34-48-37-45(38-51-47(42-28-15-6-16-29-42,43-30-17-7-18-31-43)44-32-19-8-20-33-44)49-35-21-36-50-46(39-22-9-3-10-23-39,40-24-11-4-12-25-40)41-26-13-5-14-27-41/h2-20,22-33,45H,1,21,34-38H2. The monoisotopic (exact) mass is 674 g/mol. The molecule has 0 fully saturated rings. The Morgan fingerprint density at radius 3 is 1.10 bits per heavy atom. The van der Waals surface area contributed by atoms with E-state index in [9.17, 15) is 0 Å². The average Bonchev–Trinajstić information content (AvgIpc) is 3.21. The molecule has 51 heavy (non-hydrogen) atoms. The molecule has 0 aliphatic rings. The van der Waals surface area contributed by atoms with E-state index in [1.807, 2.05) is 36.4 Å². The van der Waals surface area contributed by atoms with Gasteiger partial charge in [0, 0.05) is 6.61 Å². The Morgan fingerprint density at radius 1 is 0.431 bits per heavy atom. The molecule has 0 saturated heterocycles. The molecule has 0 saturated carbocycles. The first-order chi connectivity index (χ1) is 25.3. The molecule has 0 spiro atoms. The number of hydrogen-bond donors (Lipinski definition) is 0. The highest BCUT2D eigenvalue weighted by Gasteiger charge is 2.39. The van der Waals surface area contributed by atoms with Gasteiger partial charge in [0.2, 0.25) is 0 Å². The maximum absolute atomic E-state index is 7.10. The summed E-state index contributed by atoms with van der Waals surface area (Å²) < 4.78 is 26.6. The summed E-state index contributed by atoms with van der Waals surface area (Å²) in [6.45, 7) is 5.87.